The van der Waals surface area contributed by atoms with Gasteiger partial charge in [0.2, 0.25) is 0 Å². The lowest BCUT2D eigenvalue weighted by atomic mass is 10.2. The second-order valence-electron chi connectivity index (χ2n) is 2.46. The zero-order chi connectivity index (χ0) is 6.85. The first-order valence-electron chi connectivity index (χ1n) is 3.20. The Kier molecular flexibility index (Phi) is 1.88. The van der Waals surface area contributed by atoms with E-state index < -0.39 is 0 Å². The number of hydrogen-bond acceptors (Lipinski definition) is 2. The number of aliphatic hydroxyl groups excluding tert-OH is 1. The molecule has 1 aliphatic heterocycles. The zero-order valence-electron chi connectivity index (χ0n) is 5.58. The van der Waals surface area contributed by atoms with Crippen molar-refractivity contribution in [2.75, 3.05) is 0 Å². The highest BCUT2D eigenvalue weighted by molar-refractivity contribution is 4.98. The van der Waals surface area contributed by atoms with Crippen molar-refractivity contribution >= 4 is 0 Å². The SMILES string of the molecule is C=C[C@@H]1O[C@@H]1C[C@@H](C)O. The van der Waals surface area contributed by atoms with Crippen molar-refractivity contribution in [3.05, 3.63) is 12.7 Å². The van der Waals surface area contributed by atoms with Gasteiger partial charge in [-0.3, -0.25) is 0 Å². The lowest BCUT2D eigenvalue weighted by Gasteiger charge is -1.96. The van der Waals surface area contributed by atoms with E-state index in [-0.39, 0.29) is 18.3 Å². The minimum atomic E-state index is -0.250. The topological polar surface area (TPSA) is 32.8 Å². The van der Waals surface area contributed by atoms with Gasteiger partial charge in [0.25, 0.3) is 0 Å². The van der Waals surface area contributed by atoms with Gasteiger partial charge in [-0.15, -0.1) is 6.58 Å². The van der Waals surface area contributed by atoms with E-state index in [2.05, 4.69) is 6.58 Å². The minimum Gasteiger partial charge on any atom is -0.393 e. The third kappa shape index (κ3) is 1.80. The normalized spacial score (nSPS) is 35.8. The van der Waals surface area contributed by atoms with Gasteiger partial charge in [-0.25, -0.2) is 0 Å². The van der Waals surface area contributed by atoms with Crippen LogP contribution in [-0.2, 0) is 4.74 Å². The molecule has 0 bridgehead atoms. The number of hydrogen-bond donors (Lipinski definition) is 1. The van der Waals surface area contributed by atoms with Gasteiger partial charge in [-0.05, 0) is 6.92 Å². The first-order chi connectivity index (χ1) is 4.24. The monoisotopic (exact) mass is 128 g/mol. The molecule has 1 rings (SSSR count). The van der Waals surface area contributed by atoms with Crippen LogP contribution in [0.4, 0.5) is 0 Å². The van der Waals surface area contributed by atoms with Crippen LogP contribution in [0.25, 0.3) is 0 Å². The summed E-state index contributed by atoms with van der Waals surface area (Å²) in [5, 5.41) is 8.86. The summed E-state index contributed by atoms with van der Waals surface area (Å²) < 4.78 is 5.10. The first kappa shape index (κ1) is 6.78. The summed E-state index contributed by atoms with van der Waals surface area (Å²) in [6.45, 7) is 5.34. The third-order valence-electron chi connectivity index (χ3n) is 1.43. The molecule has 2 nitrogen and oxygen atoms in total. The molecule has 1 saturated heterocycles. The smallest absolute Gasteiger partial charge is 0.102 e. The van der Waals surface area contributed by atoms with Crippen LogP contribution in [0.15, 0.2) is 12.7 Å². The molecule has 9 heavy (non-hydrogen) atoms. The Morgan fingerprint density at radius 1 is 1.89 bits per heavy atom. The van der Waals surface area contributed by atoms with E-state index in [0.717, 1.165) is 6.42 Å². The van der Waals surface area contributed by atoms with E-state index in [1.807, 2.05) is 0 Å². The highest BCUT2D eigenvalue weighted by Gasteiger charge is 2.36. The fourth-order valence-electron chi connectivity index (χ4n) is 0.890. The van der Waals surface area contributed by atoms with Gasteiger partial charge >= 0.3 is 0 Å². The van der Waals surface area contributed by atoms with Gasteiger partial charge < -0.3 is 9.84 Å². The fraction of sp³-hybridized carbons (Fsp3) is 0.714. The molecule has 1 N–H and O–H groups in total. The van der Waals surface area contributed by atoms with E-state index in [9.17, 15) is 0 Å². The van der Waals surface area contributed by atoms with E-state index in [1.165, 1.54) is 0 Å². The van der Waals surface area contributed by atoms with Crippen LogP contribution in [0.1, 0.15) is 13.3 Å². The molecule has 0 unspecified atom stereocenters. The molecular weight excluding hydrogens is 116 g/mol. The van der Waals surface area contributed by atoms with E-state index in [4.69, 9.17) is 9.84 Å². The van der Waals surface area contributed by atoms with Gasteiger partial charge in [0.15, 0.2) is 0 Å². The van der Waals surface area contributed by atoms with Crippen molar-refractivity contribution in [2.24, 2.45) is 0 Å². The molecule has 52 valence electrons. The molecule has 0 aromatic rings. The Morgan fingerprint density at radius 2 is 2.56 bits per heavy atom. The average molecular weight is 128 g/mol. The maximum atomic E-state index is 8.86. The molecule has 0 aliphatic carbocycles. The standard InChI is InChI=1S/C7H12O2/c1-3-6-7(9-6)4-5(2)8/h3,5-8H,1,4H2,2H3/t5-,6+,7-/m1/s1. The summed E-state index contributed by atoms with van der Waals surface area (Å²) in [6.07, 6.45) is 2.70. The fourth-order valence-corrected chi connectivity index (χ4v) is 0.890. The van der Waals surface area contributed by atoms with E-state index in [1.54, 1.807) is 13.0 Å². The van der Waals surface area contributed by atoms with Crippen molar-refractivity contribution in [2.45, 2.75) is 31.7 Å². The van der Waals surface area contributed by atoms with Crippen molar-refractivity contribution in [3.63, 3.8) is 0 Å². The predicted molar refractivity (Wildman–Crippen MR) is 35.2 cm³/mol. The molecule has 0 radical (unpaired) electrons. The van der Waals surface area contributed by atoms with Crippen LogP contribution in [0.3, 0.4) is 0 Å². The summed E-state index contributed by atoms with van der Waals surface area (Å²) in [6, 6.07) is 0. The molecule has 3 atom stereocenters. The van der Waals surface area contributed by atoms with Gasteiger partial charge in [-0.2, -0.15) is 0 Å². The number of rotatable bonds is 3. The molecule has 0 amide bonds. The lowest BCUT2D eigenvalue weighted by Crippen LogP contribution is -2.04. The van der Waals surface area contributed by atoms with Crippen molar-refractivity contribution < 1.29 is 9.84 Å². The second kappa shape index (κ2) is 2.50. The van der Waals surface area contributed by atoms with Crippen LogP contribution in [0.5, 0.6) is 0 Å². The van der Waals surface area contributed by atoms with Crippen molar-refractivity contribution in [1.82, 2.24) is 0 Å². The predicted octanol–water partition coefficient (Wildman–Crippen LogP) is 0.711. The Labute approximate surface area is 55.1 Å². The molecule has 1 fully saturated rings. The average Bonchev–Trinajstić information content (AvgIpc) is 2.45. The second-order valence-corrected chi connectivity index (χ2v) is 2.46. The number of aliphatic hydroxyl groups is 1. The molecule has 2 heteroatoms. The van der Waals surface area contributed by atoms with Crippen LogP contribution in [0, 0.1) is 0 Å². The number of ether oxygens (including phenoxy) is 1. The van der Waals surface area contributed by atoms with Gasteiger partial charge in [0.1, 0.15) is 6.10 Å². The molecule has 0 aromatic heterocycles. The molecule has 0 spiro atoms. The Balaban J connectivity index is 2.12. The van der Waals surface area contributed by atoms with E-state index in [0.29, 0.717) is 0 Å². The Bertz CT molecular complexity index is 109. The van der Waals surface area contributed by atoms with Crippen LogP contribution < -0.4 is 0 Å². The number of epoxide rings is 1. The molecule has 1 heterocycles. The van der Waals surface area contributed by atoms with E-state index >= 15 is 0 Å². The highest BCUT2D eigenvalue weighted by atomic mass is 16.6. The van der Waals surface area contributed by atoms with Crippen molar-refractivity contribution in [3.8, 4) is 0 Å². The third-order valence-corrected chi connectivity index (χ3v) is 1.43. The highest BCUT2D eigenvalue weighted by Crippen LogP contribution is 2.26. The summed E-state index contributed by atoms with van der Waals surface area (Å²) in [7, 11) is 0. The van der Waals surface area contributed by atoms with Crippen LogP contribution >= 0.6 is 0 Å². The van der Waals surface area contributed by atoms with Gasteiger partial charge in [-0.1, -0.05) is 6.08 Å². The van der Waals surface area contributed by atoms with Crippen LogP contribution in [-0.4, -0.2) is 23.4 Å². The summed E-state index contributed by atoms with van der Waals surface area (Å²) in [5.41, 5.74) is 0. The molecular formula is C7H12O2. The summed E-state index contributed by atoms with van der Waals surface area (Å²) in [4.78, 5) is 0. The summed E-state index contributed by atoms with van der Waals surface area (Å²) in [5.74, 6) is 0. The molecule has 0 saturated carbocycles. The lowest BCUT2D eigenvalue weighted by molar-refractivity contribution is 0.170. The first-order valence-corrected chi connectivity index (χ1v) is 3.20. The largest absolute Gasteiger partial charge is 0.393 e. The van der Waals surface area contributed by atoms with Gasteiger partial charge in [0, 0.05) is 6.42 Å². The maximum Gasteiger partial charge on any atom is 0.102 e. The molecule has 1 aliphatic rings. The summed E-state index contributed by atoms with van der Waals surface area (Å²) >= 11 is 0. The Morgan fingerprint density at radius 3 is 2.89 bits per heavy atom. The Hall–Kier alpha value is -0.340. The van der Waals surface area contributed by atoms with Crippen LogP contribution in [0.2, 0.25) is 0 Å². The maximum absolute atomic E-state index is 8.86. The van der Waals surface area contributed by atoms with Crippen molar-refractivity contribution in [1.29, 1.82) is 0 Å². The molecule has 0 aromatic carbocycles. The minimum absolute atomic E-state index is 0.208. The van der Waals surface area contributed by atoms with Gasteiger partial charge in [0.05, 0.1) is 12.2 Å². The quantitative estimate of drug-likeness (QED) is 0.448. The zero-order valence-corrected chi connectivity index (χ0v) is 5.58.